The van der Waals surface area contributed by atoms with Crippen LogP contribution in [0.15, 0.2) is 23.8 Å². The molecule has 0 spiro atoms. The van der Waals surface area contributed by atoms with E-state index in [1.165, 1.54) is 49.7 Å². The predicted octanol–water partition coefficient (Wildman–Crippen LogP) is 10.8. The van der Waals surface area contributed by atoms with Crippen molar-refractivity contribution in [1.29, 1.82) is 5.26 Å². The maximum Gasteiger partial charge on any atom is 0.0693 e. The maximum atomic E-state index is 9.13. The highest BCUT2D eigenvalue weighted by Gasteiger charge is 2.52. The first-order valence-electron chi connectivity index (χ1n) is 15.8. The van der Waals surface area contributed by atoms with Gasteiger partial charge in [-0.1, -0.05) is 93.0 Å². The number of hydrogen-bond acceptors (Lipinski definition) is 2. The molecule has 4 fully saturated rings. The molecule has 5 rings (SSSR count). The largest absolute Gasteiger partial charge is 0.374 e. The van der Waals surface area contributed by atoms with Gasteiger partial charge in [0.1, 0.15) is 0 Å². The number of ether oxygens (including phenoxy) is 1. The summed E-state index contributed by atoms with van der Waals surface area (Å²) in [6, 6.07) is 2.46. The number of rotatable bonds is 2. The van der Waals surface area contributed by atoms with Crippen LogP contribution < -0.4 is 0 Å². The lowest BCUT2D eigenvalue weighted by atomic mass is 9.58. The van der Waals surface area contributed by atoms with Crippen molar-refractivity contribution in [3.63, 3.8) is 0 Å². The Balaban J connectivity index is 0.000000202. The Morgan fingerprint density at radius 1 is 1.03 bits per heavy atom. The summed E-state index contributed by atoms with van der Waals surface area (Å²) in [5, 5.41) is 9.13. The zero-order valence-corrected chi connectivity index (χ0v) is 27.5. The van der Waals surface area contributed by atoms with Crippen LogP contribution in [0.2, 0.25) is 0 Å². The van der Waals surface area contributed by atoms with Crippen molar-refractivity contribution in [1.82, 2.24) is 0 Å². The molecule has 5 aliphatic rings. The van der Waals surface area contributed by atoms with E-state index in [-0.39, 0.29) is 16.4 Å². The molecule has 2 aliphatic heterocycles. The van der Waals surface area contributed by atoms with E-state index in [9.17, 15) is 0 Å². The number of hydrogen-bond donors (Lipinski definition) is 0. The summed E-state index contributed by atoms with van der Waals surface area (Å²) in [6.07, 6.45) is 12.4. The second kappa shape index (κ2) is 12.6. The van der Waals surface area contributed by atoms with Gasteiger partial charge in [-0.15, -0.1) is 0 Å². The minimum Gasteiger partial charge on any atom is -0.374 e. The molecule has 2 nitrogen and oxygen atoms in total. The summed E-state index contributed by atoms with van der Waals surface area (Å²) in [5.74, 6) is 4.50. The molecule has 0 amide bonds. The van der Waals surface area contributed by atoms with E-state index in [0.717, 1.165) is 49.0 Å². The third kappa shape index (κ3) is 7.77. The van der Waals surface area contributed by atoms with Gasteiger partial charge in [0.15, 0.2) is 0 Å². The van der Waals surface area contributed by atoms with Crippen molar-refractivity contribution in [3.8, 4) is 6.07 Å². The van der Waals surface area contributed by atoms with Crippen LogP contribution in [-0.2, 0) is 4.74 Å². The zero-order valence-electron chi connectivity index (χ0n) is 27.5. The molecule has 2 bridgehead atoms. The van der Waals surface area contributed by atoms with Crippen LogP contribution in [0.4, 0.5) is 0 Å². The summed E-state index contributed by atoms with van der Waals surface area (Å²) in [6.45, 7) is 32.4. The highest BCUT2D eigenvalue weighted by atomic mass is 16.5. The first-order valence-corrected chi connectivity index (χ1v) is 15.8. The van der Waals surface area contributed by atoms with Crippen molar-refractivity contribution in [3.05, 3.63) is 23.8 Å². The van der Waals surface area contributed by atoms with Gasteiger partial charge in [0.05, 0.1) is 23.7 Å². The van der Waals surface area contributed by atoms with Gasteiger partial charge in [0.25, 0.3) is 0 Å². The Labute approximate surface area is 238 Å². The predicted molar refractivity (Wildman–Crippen MR) is 165 cm³/mol. The number of nitriles is 1. The third-order valence-corrected chi connectivity index (χ3v) is 11.5. The molecule has 0 aromatic carbocycles. The number of nitrogens with zero attached hydrogens (tertiary/aromatic N) is 1. The fraction of sp³-hybridized carbons (Fsp3) is 0.861. The molecular weight excluding hydrogens is 462 g/mol. The monoisotopic (exact) mass is 525 g/mol. The second-order valence-electron chi connectivity index (χ2n) is 15.8. The SMILES string of the molecule is C=C1CCC(C(C)C)CC1C.CC(C)C12CCC(C)(OC1)C(C)C2.CC1C=C(C(C)(C)C)CCC1(C)C#N. The summed E-state index contributed by atoms with van der Waals surface area (Å²) in [7, 11) is 0. The van der Waals surface area contributed by atoms with Gasteiger partial charge in [-0.05, 0) is 112 Å². The van der Waals surface area contributed by atoms with Gasteiger partial charge < -0.3 is 4.74 Å². The molecule has 2 heteroatoms. The molecular formula is C36H63NO. The quantitative estimate of drug-likeness (QED) is 0.336. The first-order chi connectivity index (χ1) is 17.4. The molecule has 7 atom stereocenters. The summed E-state index contributed by atoms with van der Waals surface area (Å²) in [4.78, 5) is 0. The van der Waals surface area contributed by atoms with Gasteiger partial charge in [0, 0.05) is 0 Å². The Morgan fingerprint density at radius 2 is 1.66 bits per heavy atom. The minimum absolute atomic E-state index is 0.144. The average Bonchev–Trinajstić information content (AvgIpc) is 2.83. The van der Waals surface area contributed by atoms with Crippen LogP contribution in [0, 0.1) is 63.1 Å². The molecule has 38 heavy (non-hydrogen) atoms. The van der Waals surface area contributed by atoms with Crippen LogP contribution in [0.3, 0.4) is 0 Å². The molecule has 2 saturated carbocycles. The fourth-order valence-electron chi connectivity index (χ4n) is 6.95. The lowest BCUT2D eigenvalue weighted by molar-refractivity contribution is -0.216. The lowest BCUT2D eigenvalue weighted by Gasteiger charge is -2.57. The smallest absolute Gasteiger partial charge is 0.0693 e. The van der Waals surface area contributed by atoms with E-state index >= 15 is 0 Å². The minimum atomic E-state index is -0.144. The Hall–Kier alpha value is -1.07. The molecule has 218 valence electrons. The zero-order chi connectivity index (χ0) is 29.1. The molecule has 0 aromatic heterocycles. The van der Waals surface area contributed by atoms with Gasteiger partial charge in [-0.25, -0.2) is 0 Å². The first kappa shape index (κ1) is 33.1. The van der Waals surface area contributed by atoms with Crippen LogP contribution in [0.25, 0.3) is 0 Å². The standard InChI is InChI=1S/C13H21N.C12H22O.C11H20/c1-10-8-11(12(2,3)4)6-7-13(10,5)9-14;1-9(2)12-6-5-11(4,13-8-12)10(3)7-12;1-8(2)11-6-5-9(3)10(4)7-11/h8,10H,6-7H2,1-5H3;9-10H,5-8H2,1-4H3;8,10-11H,3,5-7H2,1-2,4H3. The van der Waals surface area contributed by atoms with E-state index in [1.807, 2.05) is 0 Å². The van der Waals surface area contributed by atoms with Crippen molar-refractivity contribution in [2.75, 3.05) is 6.61 Å². The van der Waals surface area contributed by atoms with E-state index in [0.29, 0.717) is 11.3 Å². The second-order valence-corrected chi connectivity index (χ2v) is 15.8. The molecule has 0 aromatic rings. The third-order valence-electron chi connectivity index (χ3n) is 11.5. The average molecular weight is 526 g/mol. The molecule has 2 saturated heterocycles. The molecule has 0 radical (unpaired) electrons. The van der Waals surface area contributed by atoms with Crippen molar-refractivity contribution in [2.45, 2.75) is 140 Å². The van der Waals surface area contributed by atoms with Crippen LogP contribution in [0.1, 0.15) is 134 Å². The van der Waals surface area contributed by atoms with Crippen LogP contribution >= 0.6 is 0 Å². The topological polar surface area (TPSA) is 33.0 Å². The van der Waals surface area contributed by atoms with Gasteiger partial charge in [-0.3, -0.25) is 0 Å². The highest BCUT2D eigenvalue weighted by molar-refractivity contribution is 5.21. The van der Waals surface area contributed by atoms with Gasteiger partial charge >= 0.3 is 0 Å². The highest BCUT2D eigenvalue weighted by Crippen LogP contribution is 2.55. The van der Waals surface area contributed by atoms with Crippen molar-refractivity contribution < 1.29 is 4.74 Å². The van der Waals surface area contributed by atoms with E-state index in [2.05, 4.69) is 102 Å². The Morgan fingerprint density at radius 3 is 2.05 bits per heavy atom. The maximum absolute atomic E-state index is 9.13. The molecule has 2 heterocycles. The molecule has 7 unspecified atom stereocenters. The number of fused-ring (bicyclic) bond motifs is 3. The summed E-state index contributed by atoms with van der Waals surface area (Å²) < 4.78 is 6.04. The summed E-state index contributed by atoms with van der Waals surface area (Å²) >= 11 is 0. The van der Waals surface area contributed by atoms with E-state index in [1.54, 1.807) is 0 Å². The van der Waals surface area contributed by atoms with Gasteiger partial charge in [0.2, 0.25) is 0 Å². The normalized spacial score (nSPS) is 39.0. The molecule has 0 N–H and O–H groups in total. The van der Waals surface area contributed by atoms with Crippen molar-refractivity contribution >= 4 is 0 Å². The van der Waals surface area contributed by atoms with Crippen LogP contribution in [0.5, 0.6) is 0 Å². The lowest BCUT2D eigenvalue weighted by Crippen LogP contribution is -2.56. The Bertz CT molecular complexity index is 857. The van der Waals surface area contributed by atoms with Crippen molar-refractivity contribution in [2.24, 2.45) is 51.8 Å². The van der Waals surface area contributed by atoms with Gasteiger partial charge in [-0.2, -0.15) is 5.26 Å². The number of allylic oxidation sites excluding steroid dienone is 3. The van der Waals surface area contributed by atoms with E-state index in [4.69, 9.17) is 10.00 Å². The fourth-order valence-corrected chi connectivity index (χ4v) is 6.95. The summed E-state index contributed by atoms with van der Waals surface area (Å²) in [5.41, 5.74) is 3.83. The van der Waals surface area contributed by atoms with Crippen LogP contribution in [-0.4, -0.2) is 12.2 Å². The molecule has 3 aliphatic carbocycles. The Kier molecular flexibility index (Phi) is 11.0. The van der Waals surface area contributed by atoms with E-state index < -0.39 is 0 Å².